The molecule has 20 heavy (non-hydrogen) atoms. The van der Waals surface area contributed by atoms with Crippen molar-refractivity contribution in [2.24, 2.45) is 5.73 Å². The highest BCUT2D eigenvalue weighted by Gasteiger charge is 2.13. The van der Waals surface area contributed by atoms with Crippen molar-refractivity contribution in [1.29, 1.82) is 0 Å². The van der Waals surface area contributed by atoms with Gasteiger partial charge in [0.1, 0.15) is 5.75 Å². The number of ether oxygens (including phenoxy) is 1. The Kier molecular flexibility index (Phi) is 5.12. The molecular formula is C15H21N3O2. The van der Waals surface area contributed by atoms with Crippen LogP contribution in [0, 0.1) is 6.92 Å². The molecule has 0 bridgehead atoms. The van der Waals surface area contributed by atoms with Gasteiger partial charge >= 0.3 is 0 Å². The van der Waals surface area contributed by atoms with Gasteiger partial charge in [0, 0.05) is 0 Å². The average molecular weight is 275 g/mol. The van der Waals surface area contributed by atoms with Gasteiger partial charge in [0.05, 0.1) is 19.1 Å². The van der Waals surface area contributed by atoms with Crippen LogP contribution in [0.1, 0.15) is 43.1 Å². The fourth-order valence-electron chi connectivity index (χ4n) is 1.92. The Hall–Kier alpha value is -1.88. The Morgan fingerprint density at radius 3 is 3.00 bits per heavy atom. The summed E-state index contributed by atoms with van der Waals surface area (Å²) in [7, 11) is 0. The third-order valence-electron chi connectivity index (χ3n) is 2.99. The molecular weight excluding hydrogens is 254 g/mol. The molecule has 1 unspecified atom stereocenters. The molecule has 108 valence electrons. The summed E-state index contributed by atoms with van der Waals surface area (Å²) in [6.45, 7) is 4.62. The predicted molar refractivity (Wildman–Crippen MR) is 76.5 cm³/mol. The Morgan fingerprint density at radius 2 is 2.25 bits per heavy atom. The summed E-state index contributed by atoms with van der Waals surface area (Å²) >= 11 is 0. The lowest BCUT2D eigenvalue weighted by atomic mass is 10.2. The molecule has 0 aliphatic carbocycles. The topological polar surface area (TPSA) is 74.2 Å². The maximum atomic E-state index is 5.94. The fourth-order valence-corrected chi connectivity index (χ4v) is 1.92. The van der Waals surface area contributed by atoms with Gasteiger partial charge in [0.25, 0.3) is 0 Å². The second-order valence-corrected chi connectivity index (χ2v) is 4.86. The first-order chi connectivity index (χ1) is 9.69. The van der Waals surface area contributed by atoms with Crippen molar-refractivity contribution in [2.45, 2.75) is 39.2 Å². The van der Waals surface area contributed by atoms with Crippen LogP contribution < -0.4 is 10.5 Å². The largest absolute Gasteiger partial charge is 0.493 e. The maximum Gasteiger partial charge on any atom is 0.230 e. The summed E-state index contributed by atoms with van der Waals surface area (Å²) in [6, 6.07) is 7.79. The van der Waals surface area contributed by atoms with Crippen LogP contribution in [0.4, 0.5) is 0 Å². The van der Waals surface area contributed by atoms with E-state index in [9.17, 15) is 0 Å². The van der Waals surface area contributed by atoms with Gasteiger partial charge in [0.15, 0.2) is 5.82 Å². The van der Waals surface area contributed by atoms with Gasteiger partial charge in [-0.05, 0) is 31.0 Å². The number of aryl methyl sites for hydroxylation is 1. The van der Waals surface area contributed by atoms with Gasteiger partial charge in [-0.2, -0.15) is 4.98 Å². The van der Waals surface area contributed by atoms with E-state index in [1.807, 2.05) is 31.2 Å². The van der Waals surface area contributed by atoms with Crippen molar-refractivity contribution in [1.82, 2.24) is 10.1 Å². The third-order valence-corrected chi connectivity index (χ3v) is 2.99. The molecule has 5 nitrogen and oxygen atoms in total. The second kappa shape index (κ2) is 7.05. The minimum atomic E-state index is -0.143. The van der Waals surface area contributed by atoms with Gasteiger partial charge in [-0.3, -0.25) is 0 Å². The molecule has 0 saturated carbocycles. The van der Waals surface area contributed by atoms with Crippen molar-refractivity contribution >= 4 is 0 Å². The number of nitrogens with zero attached hydrogens (tertiary/aromatic N) is 2. The standard InChI is InChI=1S/C15H21N3O2/c1-3-5-13(16)15-17-14(20-18-15)8-9-19-12-7-4-6-11(2)10-12/h4,6-7,10,13H,3,5,8-9,16H2,1-2H3. The van der Waals surface area contributed by atoms with E-state index in [0.29, 0.717) is 24.7 Å². The van der Waals surface area contributed by atoms with Crippen LogP contribution in [0.3, 0.4) is 0 Å². The number of rotatable bonds is 7. The lowest BCUT2D eigenvalue weighted by molar-refractivity contribution is 0.291. The number of hydrogen-bond donors (Lipinski definition) is 1. The van der Waals surface area contributed by atoms with E-state index in [2.05, 4.69) is 17.1 Å². The highest BCUT2D eigenvalue weighted by Crippen LogP contribution is 2.14. The molecule has 0 aliphatic rings. The Labute approximate surface area is 119 Å². The molecule has 2 N–H and O–H groups in total. The van der Waals surface area contributed by atoms with E-state index in [4.69, 9.17) is 15.0 Å². The number of hydrogen-bond acceptors (Lipinski definition) is 5. The Bertz CT molecular complexity index is 539. The zero-order valence-corrected chi connectivity index (χ0v) is 12.0. The number of benzene rings is 1. The molecule has 1 aromatic carbocycles. The summed E-state index contributed by atoms with van der Waals surface area (Å²) in [6.07, 6.45) is 2.44. The van der Waals surface area contributed by atoms with Gasteiger partial charge in [-0.25, -0.2) is 0 Å². The first-order valence-electron chi connectivity index (χ1n) is 6.96. The Morgan fingerprint density at radius 1 is 1.40 bits per heavy atom. The van der Waals surface area contributed by atoms with Crippen molar-refractivity contribution in [3.05, 3.63) is 41.5 Å². The number of aromatic nitrogens is 2. The molecule has 2 aromatic rings. The van der Waals surface area contributed by atoms with Gasteiger partial charge in [-0.15, -0.1) is 0 Å². The molecule has 0 amide bonds. The predicted octanol–water partition coefficient (Wildman–Crippen LogP) is 2.80. The molecule has 5 heteroatoms. The monoisotopic (exact) mass is 275 g/mol. The van der Waals surface area contributed by atoms with Crippen LogP contribution in [0.5, 0.6) is 5.75 Å². The van der Waals surface area contributed by atoms with Crippen LogP contribution in [0.15, 0.2) is 28.8 Å². The molecule has 1 heterocycles. The van der Waals surface area contributed by atoms with Crippen molar-refractivity contribution in [3.63, 3.8) is 0 Å². The molecule has 0 saturated heterocycles. The van der Waals surface area contributed by atoms with E-state index in [1.54, 1.807) is 0 Å². The van der Waals surface area contributed by atoms with E-state index < -0.39 is 0 Å². The SMILES string of the molecule is CCCC(N)c1noc(CCOc2cccc(C)c2)n1. The molecule has 0 radical (unpaired) electrons. The molecule has 1 atom stereocenters. The molecule has 0 spiro atoms. The third kappa shape index (κ3) is 4.06. The summed E-state index contributed by atoms with van der Waals surface area (Å²) in [5.74, 6) is 2.00. The highest BCUT2D eigenvalue weighted by molar-refractivity contribution is 5.27. The maximum absolute atomic E-state index is 5.94. The van der Waals surface area contributed by atoms with Crippen LogP contribution in [-0.2, 0) is 6.42 Å². The average Bonchev–Trinajstić information content (AvgIpc) is 2.88. The fraction of sp³-hybridized carbons (Fsp3) is 0.467. The zero-order chi connectivity index (χ0) is 14.4. The van der Waals surface area contributed by atoms with Crippen molar-refractivity contribution in [2.75, 3.05) is 6.61 Å². The lowest BCUT2D eigenvalue weighted by Gasteiger charge is -2.04. The Balaban J connectivity index is 1.82. The van der Waals surface area contributed by atoms with E-state index >= 15 is 0 Å². The highest BCUT2D eigenvalue weighted by atomic mass is 16.5. The minimum Gasteiger partial charge on any atom is -0.493 e. The van der Waals surface area contributed by atoms with Crippen molar-refractivity contribution < 1.29 is 9.26 Å². The zero-order valence-electron chi connectivity index (χ0n) is 12.0. The van der Waals surface area contributed by atoms with Crippen molar-refractivity contribution in [3.8, 4) is 5.75 Å². The van der Waals surface area contributed by atoms with Crippen LogP contribution in [-0.4, -0.2) is 16.7 Å². The second-order valence-electron chi connectivity index (χ2n) is 4.86. The summed E-state index contributed by atoms with van der Waals surface area (Å²) < 4.78 is 10.8. The lowest BCUT2D eigenvalue weighted by Crippen LogP contribution is -2.11. The van der Waals surface area contributed by atoms with Gasteiger partial charge < -0.3 is 15.0 Å². The number of nitrogens with two attached hydrogens (primary N) is 1. The summed E-state index contributed by atoms with van der Waals surface area (Å²) in [4.78, 5) is 4.29. The van der Waals surface area contributed by atoms with Gasteiger partial charge in [-0.1, -0.05) is 30.6 Å². The normalized spacial score (nSPS) is 12.3. The molecule has 1 aromatic heterocycles. The summed E-state index contributed by atoms with van der Waals surface area (Å²) in [5, 5.41) is 3.91. The van der Waals surface area contributed by atoms with Gasteiger partial charge in [0.2, 0.25) is 5.89 Å². The van der Waals surface area contributed by atoms with E-state index in [1.165, 1.54) is 5.56 Å². The van der Waals surface area contributed by atoms with Crippen LogP contribution >= 0.6 is 0 Å². The quantitative estimate of drug-likeness (QED) is 0.841. The first kappa shape index (κ1) is 14.5. The smallest absolute Gasteiger partial charge is 0.230 e. The molecule has 0 fully saturated rings. The first-order valence-corrected chi connectivity index (χ1v) is 6.96. The summed E-state index contributed by atoms with van der Waals surface area (Å²) in [5.41, 5.74) is 7.11. The van der Waals surface area contributed by atoms with Crippen LogP contribution in [0.2, 0.25) is 0 Å². The van der Waals surface area contributed by atoms with E-state index in [0.717, 1.165) is 18.6 Å². The molecule has 0 aliphatic heterocycles. The minimum absolute atomic E-state index is 0.143. The van der Waals surface area contributed by atoms with Crippen LogP contribution in [0.25, 0.3) is 0 Å². The molecule has 2 rings (SSSR count). The van der Waals surface area contributed by atoms with E-state index in [-0.39, 0.29) is 6.04 Å².